The molecule has 0 aliphatic carbocycles. The zero-order valence-corrected chi connectivity index (χ0v) is 20.1. The van der Waals surface area contributed by atoms with Crippen LogP contribution in [-0.2, 0) is 26.5 Å². The van der Waals surface area contributed by atoms with Crippen molar-refractivity contribution in [2.75, 3.05) is 13.1 Å². The average Bonchev–Trinajstić information content (AvgIpc) is 3.46. The molecule has 0 spiro atoms. The van der Waals surface area contributed by atoms with Gasteiger partial charge in [-0.1, -0.05) is 66.7 Å². The van der Waals surface area contributed by atoms with Crippen LogP contribution in [0.25, 0.3) is 0 Å². The zero-order valence-electron chi connectivity index (χ0n) is 16.7. The number of hydrogen-bond donors (Lipinski definition) is 0. The number of pyridine rings is 1. The Balaban J connectivity index is 0.00000128. The van der Waals surface area contributed by atoms with E-state index in [4.69, 9.17) is 9.47 Å². The van der Waals surface area contributed by atoms with Crippen LogP contribution in [0.15, 0.2) is 88.8 Å². The van der Waals surface area contributed by atoms with E-state index in [0.29, 0.717) is 36.3 Å². The number of hydrogen-bond acceptors (Lipinski definition) is 5. The second-order valence-corrected chi connectivity index (χ2v) is 6.73. The molecule has 5 rings (SSSR count). The maximum atomic E-state index is 6.05. The minimum atomic E-state index is -0.0656. The number of ether oxygens (including phenoxy) is 2. The summed E-state index contributed by atoms with van der Waals surface area (Å²) in [4.78, 5) is 13.8. The molecule has 9 heteroatoms. The fourth-order valence-corrected chi connectivity index (χ4v) is 3.39. The summed E-state index contributed by atoms with van der Waals surface area (Å²) < 4.78 is 12.1. The van der Waals surface area contributed by atoms with Crippen molar-refractivity contribution in [3.63, 3.8) is 0 Å². The molecule has 1 radical (unpaired) electrons. The molecule has 0 fully saturated rings. The van der Waals surface area contributed by atoms with Gasteiger partial charge in [0.15, 0.2) is 0 Å². The van der Waals surface area contributed by atoms with Crippen LogP contribution in [-0.4, -0.2) is 29.9 Å². The second kappa shape index (κ2) is 12.8. The van der Waals surface area contributed by atoms with Gasteiger partial charge in [0, 0.05) is 0 Å². The summed E-state index contributed by atoms with van der Waals surface area (Å²) in [6.07, 6.45) is -0.131. The normalized spacial score (nSPS) is 18.2. The third kappa shape index (κ3) is 6.03. The van der Waals surface area contributed by atoms with Crippen molar-refractivity contribution in [1.82, 2.24) is 4.98 Å². The molecular formula is C23H19Cl3FeN3O2. The SMILES string of the molecule is [Cl-].[Cl-].[Cl-].[Fe+3].c1ccc(C2CN=C(c3cccc(C4=NCC(c5ccccc5)O4)n3)O2)cc1. The van der Waals surface area contributed by atoms with Gasteiger partial charge in [-0.05, 0) is 23.3 Å². The maximum absolute atomic E-state index is 6.05. The van der Waals surface area contributed by atoms with Gasteiger partial charge in [-0.25, -0.2) is 15.0 Å². The van der Waals surface area contributed by atoms with Crippen molar-refractivity contribution in [2.45, 2.75) is 12.2 Å². The monoisotopic (exact) mass is 530 g/mol. The van der Waals surface area contributed by atoms with Crippen LogP contribution >= 0.6 is 0 Å². The number of aliphatic imine (C=N–C) groups is 2. The molecule has 1 aromatic heterocycles. The number of benzene rings is 2. The van der Waals surface area contributed by atoms with Crippen molar-refractivity contribution in [2.24, 2.45) is 9.98 Å². The Morgan fingerprint density at radius 3 is 1.38 bits per heavy atom. The predicted molar refractivity (Wildman–Crippen MR) is 108 cm³/mol. The van der Waals surface area contributed by atoms with Crippen LogP contribution < -0.4 is 37.2 Å². The van der Waals surface area contributed by atoms with E-state index in [2.05, 4.69) is 39.2 Å². The third-order valence-electron chi connectivity index (χ3n) is 4.84. The van der Waals surface area contributed by atoms with Crippen LogP contribution in [0.2, 0.25) is 0 Å². The van der Waals surface area contributed by atoms with Gasteiger partial charge in [-0.2, -0.15) is 0 Å². The van der Waals surface area contributed by atoms with Crippen molar-refractivity contribution in [3.05, 3.63) is 101 Å². The first-order chi connectivity index (χ1) is 13.9. The molecule has 2 atom stereocenters. The van der Waals surface area contributed by atoms with Gasteiger partial charge in [-0.3, -0.25) is 0 Å². The Kier molecular flexibility index (Phi) is 11.2. The third-order valence-corrected chi connectivity index (χ3v) is 4.84. The van der Waals surface area contributed by atoms with Gasteiger partial charge in [0.05, 0.1) is 13.1 Å². The van der Waals surface area contributed by atoms with Crippen molar-refractivity contribution >= 4 is 11.8 Å². The largest absolute Gasteiger partial charge is 3.00 e. The molecule has 0 amide bonds. The van der Waals surface area contributed by atoms with E-state index in [1.165, 1.54) is 0 Å². The summed E-state index contributed by atoms with van der Waals surface area (Å²) >= 11 is 0. The first-order valence-electron chi connectivity index (χ1n) is 9.37. The van der Waals surface area contributed by atoms with Gasteiger partial charge in [0.2, 0.25) is 11.8 Å². The Hall–Kier alpha value is -2.08. The van der Waals surface area contributed by atoms with E-state index in [1.54, 1.807) is 0 Å². The van der Waals surface area contributed by atoms with Crippen molar-refractivity contribution < 1.29 is 63.8 Å². The topological polar surface area (TPSA) is 56.1 Å². The van der Waals surface area contributed by atoms with Crippen LogP contribution in [0.4, 0.5) is 0 Å². The van der Waals surface area contributed by atoms with Gasteiger partial charge >= 0.3 is 17.1 Å². The smallest absolute Gasteiger partial charge is 1.00 e. The molecule has 0 saturated heterocycles. The summed E-state index contributed by atoms with van der Waals surface area (Å²) in [6.45, 7) is 1.19. The fourth-order valence-electron chi connectivity index (χ4n) is 3.39. The molecule has 0 saturated carbocycles. The van der Waals surface area contributed by atoms with E-state index in [-0.39, 0.29) is 66.5 Å². The maximum Gasteiger partial charge on any atom is 3.00 e. The second-order valence-electron chi connectivity index (χ2n) is 6.73. The zero-order chi connectivity index (χ0) is 18.8. The molecule has 5 nitrogen and oxygen atoms in total. The van der Waals surface area contributed by atoms with Gasteiger partial charge < -0.3 is 46.7 Å². The molecule has 2 unspecified atom stereocenters. The van der Waals surface area contributed by atoms with Gasteiger partial charge in [0.1, 0.15) is 23.6 Å². The Labute approximate surface area is 216 Å². The minimum absolute atomic E-state index is 0. The summed E-state index contributed by atoms with van der Waals surface area (Å²) in [5.74, 6) is 1.13. The van der Waals surface area contributed by atoms with E-state index >= 15 is 0 Å². The predicted octanol–water partition coefficient (Wildman–Crippen LogP) is -4.87. The number of halogens is 3. The summed E-state index contributed by atoms with van der Waals surface area (Å²) in [7, 11) is 0. The number of nitrogens with zero attached hydrogens (tertiary/aromatic N) is 3. The van der Waals surface area contributed by atoms with E-state index in [9.17, 15) is 0 Å². The summed E-state index contributed by atoms with van der Waals surface area (Å²) in [5, 5.41) is 0. The number of rotatable bonds is 4. The first kappa shape index (κ1) is 28.0. The van der Waals surface area contributed by atoms with E-state index < -0.39 is 0 Å². The van der Waals surface area contributed by atoms with Crippen LogP contribution in [0, 0.1) is 0 Å². The number of aromatic nitrogens is 1. The van der Waals surface area contributed by atoms with E-state index in [0.717, 1.165) is 11.1 Å². The van der Waals surface area contributed by atoms with E-state index in [1.807, 2.05) is 54.6 Å². The van der Waals surface area contributed by atoms with Gasteiger partial charge in [-0.15, -0.1) is 0 Å². The van der Waals surface area contributed by atoms with Crippen LogP contribution in [0.5, 0.6) is 0 Å². The molecule has 2 aliphatic heterocycles. The Bertz CT molecular complexity index is 972. The average molecular weight is 532 g/mol. The fraction of sp³-hybridized carbons (Fsp3) is 0.174. The summed E-state index contributed by atoms with van der Waals surface area (Å²) in [5.41, 5.74) is 3.63. The molecule has 32 heavy (non-hydrogen) atoms. The van der Waals surface area contributed by atoms with Crippen molar-refractivity contribution in [1.29, 1.82) is 0 Å². The van der Waals surface area contributed by atoms with Crippen molar-refractivity contribution in [3.8, 4) is 0 Å². The van der Waals surface area contributed by atoms with Crippen LogP contribution in [0.3, 0.4) is 0 Å². The first-order valence-corrected chi connectivity index (χ1v) is 9.37. The molecule has 3 heterocycles. The molecule has 167 valence electrons. The Morgan fingerprint density at radius 2 is 0.969 bits per heavy atom. The molecule has 2 aromatic carbocycles. The summed E-state index contributed by atoms with van der Waals surface area (Å²) in [6, 6.07) is 26.0. The standard InChI is InChI=1S/C23H19N3O2.3ClH.Fe/c1-3-8-16(9-4-1)20-14-24-22(27-20)18-12-7-13-19(26-18)23-25-15-21(28-23)17-10-5-2-6-11-17;;;;/h1-13,20-21H,14-15H2;3*1H;/q;;;;+3/p-3. The van der Waals surface area contributed by atoms with Crippen LogP contribution in [0.1, 0.15) is 34.7 Å². The molecule has 0 bridgehead atoms. The molecular weight excluding hydrogens is 512 g/mol. The quantitative estimate of drug-likeness (QED) is 0.318. The molecule has 2 aliphatic rings. The van der Waals surface area contributed by atoms with Gasteiger partial charge in [0.25, 0.3) is 0 Å². The molecule has 0 N–H and O–H groups in total. The Morgan fingerprint density at radius 1 is 0.562 bits per heavy atom. The minimum Gasteiger partial charge on any atom is -1.00 e. The molecule has 3 aromatic rings.